The zero-order valence-electron chi connectivity index (χ0n) is 11.7. The van der Waals surface area contributed by atoms with E-state index in [0.717, 1.165) is 39.1 Å². The van der Waals surface area contributed by atoms with Gasteiger partial charge in [0.2, 0.25) is 0 Å². The molecule has 18 heavy (non-hydrogen) atoms. The first-order valence-electron chi connectivity index (χ1n) is 7.14. The van der Waals surface area contributed by atoms with E-state index in [2.05, 4.69) is 25.7 Å². The van der Waals surface area contributed by atoms with Gasteiger partial charge in [-0.2, -0.15) is 0 Å². The molecular weight excluding hydrogens is 230 g/mol. The summed E-state index contributed by atoms with van der Waals surface area (Å²) in [6.07, 6.45) is 1.86. The predicted octanol–water partition coefficient (Wildman–Crippen LogP) is 1.03. The molecule has 4 fully saturated rings. The minimum Gasteiger partial charge on any atom is -0.391 e. The summed E-state index contributed by atoms with van der Waals surface area (Å²) >= 11 is 0. The molecule has 1 N–H and O–H groups in total. The van der Waals surface area contributed by atoms with Crippen LogP contribution in [-0.4, -0.2) is 59.7 Å². The van der Waals surface area contributed by atoms with E-state index in [1.165, 1.54) is 0 Å². The van der Waals surface area contributed by atoms with E-state index in [9.17, 15) is 5.11 Å². The summed E-state index contributed by atoms with van der Waals surface area (Å²) < 4.78 is 11.8. The van der Waals surface area contributed by atoms with Crippen LogP contribution < -0.4 is 0 Å². The zero-order chi connectivity index (χ0) is 13.0. The van der Waals surface area contributed by atoms with Crippen molar-refractivity contribution in [2.24, 2.45) is 5.92 Å². The lowest BCUT2D eigenvalue weighted by atomic mass is 9.64. The Morgan fingerprint density at radius 3 is 2.39 bits per heavy atom. The zero-order valence-corrected chi connectivity index (χ0v) is 11.7. The van der Waals surface area contributed by atoms with Gasteiger partial charge in [0.25, 0.3) is 0 Å². The van der Waals surface area contributed by atoms with Gasteiger partial charge in [-0.3, -0.25) is 4.90 Å². The van der Waals surface area contributed by atoms with Crippen LogP contribution in [-0.2, 0) is 9.47 Å². The van der Waals surface area contributed by atoms with Crippen LogP contribution in [0.3, 0.4) is 0 Å². The lowest BCUT2D eigenvalue weighted by molar-refractivity contribution is -0.298. The predicted molar refractivity (Wildman–Crippen MR) is 68.5 cm³/mol. The standard InChI is InChI=1S/C14H25NO3/c1-13(2)10-4-5-14(3,18-13)12(11(10)16)15-6-8-17-9-7-15/h10-12,16H,4-9H2,1-3H3/t10-,11-,12-,14-/m1/s1. The summed E-state index contributed by atoms with van der Waals surface area (Å²) in [6.45, 7) is 9.78. The Balaban J connectivity index is 1.87. The highest BCUT2D eigenvalue weighted by molar-refractivity contribution is 5.11. The molecule has 4 rings (SSSR count). The van der Waals surface area contributed by atoms with Crippen LogP contribution >= 0.6 is 0 Å². The van der Waals surface area contributed by atoms with Crippen LogP contribution in [0.1, 0.15) is 33.6 Å². The summed E-state index contributed by atoms with van der Waals surface area (Å²) in [7, 11) is 0. The van der Waals surface area contributed by atoms with Gasteiger partial charge in [0.05, 0.1) is 36.6 Å². The maximum absolute atomic E-state index is 10.7. The van der Waals surface area contributed by atoms with Crippen LogP contribution in [0.25, 0.3) is 0 Å². The Morgan fingerprint density at radius 1 is 1.17 bits per heavy atom. The Hall–Kier alpha value is -0.160. The van der Waals surface area contributed by atoms with Gasteiger partial charge in [-0.25, -0.2) is 0 Å². The van der Waals surface area contributed by atoms with Gasteiger partial charge in [0, 0.05) is 19.0 Å². The number of morpholine rings is 1. The third kappa shape index (κ3) is 1.82. The summed E-state index contributed by atoms with van der Waals surface area (Å²) in [5.41, 5.74) is -0.412. The van der Waals surface area contributed by atoms with Crippen molar-refractivity contribution in [2.45, 2.75) is 57.0 Å². The van der Waals surface area contributed by atoms with Gasteiger partial charge in [-0.05, 0) is 33.6 Å². The third-order valence-electron chi connectivity index (χ3n) is 5.14. The minimum absolute atomic E-state index is 0.133. The van der Waals surface area contributed by atoms with E-state index >= 15 is 0 Å². The Morgan fingerprint density at radius 2 is 1.83 bits per heavy atom. The van der Waals surface area contributed by atoms with Crippen molar-refractivity contribution in [1.82, 2.24) is 4.90 Å². The largest absolute Gasteiger partial charge is 0.391 e. The minimum atomic E-state index is -0.273. The molecule has 4 aliphatic rings. The Labute approximate surface area is 109 Å². The highest BCUT2D eigenvalue weighted by Gasteiger charge is 2.60. The molecule has 0 unspecified atom stereocenters. The molecule has 0 amide bonds. The first-order chi connectivity index (χ1) is 8.44. The molecule has 0 radical (unpaired) electrons. The maximum atomic E-state index is 10.7. The van der Waals surface area contributed by atoms with Gasteiger partial charge in [-0.1, -0.05) is 0 Å². The SMILES string of the molecule is CC1(C)O[C@]2(C)CC[C@@H]1[C@@H](O)[C@H]2N1CCOCC1. The van der Waals surface area contributed by atoms with Gasteiger partial charge < -0.3 is 14.6 Å². The van der Waals surface area contributed by atoms with Crippen molar-refractivity contribution in [3.63, 3.8) is 0 Å². The second-order valence-corrected chi connectivity index (χ2v) is 6.75. The molecule has 0 spiro atoms. The fourth-order valence-electron chi connectivity index (χ4n) is 4.35. The van der Waals surface area contributed by atoms with Gasteiger partial charge >= 0.3 is 0 Å². The molecule has 4 heteroatoms. The van der Waals surface area contributed by atoms with E-state index in [0.29, 0.717) is 0 Å². The van der Waals surface area contributed by atoms with Crippen LogP contribution in [0.5, 0.6) is 0 Å². The average molecular weight is 255 g/mol. The molecule has 1 aliphatic carbocycles. The van der Waals surface area contributed by atoms with Crippen LogP contribution in [0.15, 0.2) is 0 Å². The van der Waals surface area contributed by atoms with Gasteiger partial charge in [0.1, 0.15) is 0 Å². The summed E-state index contributed by atoms with van der Waals surface area (Å²) in [5, 5.41) is 10.7. The number of hydrogen-bond acceptors (Lipinski definition) is 4. The normalized spacial score (nSPS) is 48.3. The smallest absolute Gasteiger partial charge is 0.0841 e. The average Bonchev–Trinajstić information content (AvgIpc) is 2.27. The van der Waals surface area contributed by atoms with E-state index in [1.807, 2.05) is 0 Å². The van der Waals surface area contributed by atoms with E-state index in [-0.39, 0.29) is 29.3 Å². The highest BCUT2D eigenvalue weighted by Crippen LogP contribution is 2.51. The topological polar surface area (TPSA) is 41.9 Å². The Bertz CT molecular complexity index is 327. The number of rotatable bonds is 1. The molecule has 104 valence electrons. The molecule has 1 saturated carbocycles. The third-order valence-corrected chi connectivity index (χ3v) is 5.14. The van der Waals surface area contributed by atoms with Crippen LogP contribution in [0, 0.1) is 5.92 Å². The molecule has 3 aliphatic heterocycles. The number of aliphatic hydroxyl groups excluding tert-OH is 1. The van der Waals surface area contributed by atoms with Gasteiger partial charge in [-0.15, -0.1) is 0 Å². The number of ether oxygens (including phenoxy) is 2. The molecule has 3 heterocycles. The fraction of sp³-hybridized carbons (Fsp3) is 1.00. The first-order valence-corrected chi connectivity index (χ1v) is 7.14. The van der Waals surface area contributed by atoms with Crippen molar-refractivity contribution in [3.8, 4) is 0 Å². The Kier molecular flexibility index (Phi) is 2.98. The molecular formula is C14H25NO3. The quantitative estimate of drug-likeness (QED) is 0.760. The van der Waals surface area contributed by atoms with Crippen molar-refractivity contribution in [1.29, 1.82) is 0 Å². The van der Waals surface area contributed by atoms with Crippen molar-refractivity contribution < 1.29 is 14.6 Å². The summed E-state index contributed by atoms with van der Waals surface area (Å²) in [6, 6.07) is 0.133. The van der Waals surface area contributed by atoms with E-state index < -0.39 is 0 Å². The maximum Gasteiger partial charge on any atom is 0.0841 e. The molecule has 4 atom stereocenters. The first kappa shape index (κ1) is 12.9. The van der Waals surface area contributed by atoms with Crippen molar-refractivity contribution >= 4 is 0 Å². The molecule has 2 bridgehead atoms. The molecule has 3 saturated heterocycles. The second-order valence-electron chi connectivity index (χ2n) is 6.75. The molecule has 0 aromatic heterocycles. The molecule has 0 aromatic rings. The van der Waals surface area contributed by atoms with E-state index in [4.69, 9.17) is 9.47 Å². The molecule has 0 aromatic carbocycles. The van der Waals surface area contributed by atoms with Crippen LogP contribution in [0.4, 0.5) is 0 Å². The highest BCUT2D eigenvalue weighted by atomic mass is 16.5. The lowest BCUT2D eigenvalue weighted by Crippen LogP contribution is -2.73. The fourth-order valence-corrected chi connectivity index (χ4v) is 4.35. The number of hydrogen-bond donors (Lipinski definition) is 1. The monoisotopic (exact) mass is 255 g/mol. The van der Waals surface area contributed by atoms with Crippen LogP contribution in [0.2, 0.25) is 0 Å². The molecule has 4 nitrogen and oxygen atoms in total. The van der Waals surface area contributed by atoms with Crippen molar-refractivity contribution in [2.75, 3.05) is 26.3 Å². The van der Waals surface area contributed by atoms with E-state index in [1.54, 1.807) is 0 Å². The number of fused-ring (bicyclic) bond motifs is 3. The summed E-state index contributed by atoms with van der Waals surface area (Å²) in [4.78, 5) is 2.37. The number of nitrogens with zero attached hydrogens (tertiary/aromatic N) is 1. The van der Waals surface area contributed by atoms with Crippen molar-refractivity contribution in [3.05, 3.63) is 0 Å². The second kappa shape index (κ2) is 4.17. The lowest BCUT2D eigenvalue weighted by Gasteiger charge is -2.62. The van der Waals surface area contributed by atoms with Gasteiger partial charge in [0.15, 0.2) is 0 Å². The summed E-state index contributed by atoms with van der Waals surface area (Å²) in [5.74, 6) is 0.257. The number of aliphatic hydroxyl groups is 1.